The molecule has 10 nitrogen and oxygen atoms in total. The minimum atomic E-state index is -1.29. The van der Waals surface area contributed by atoms with Gasteiger partial charge in [-0.3, -0.25) is 4.79 Å². The highest BCUT2D eigenvalue weighted by Gasteiger charge is 2.53. The van der Waals surface area contributed by atoms with Gasteiger partial charge in [-0.1, -0.05) is 109 Å². The van der Waals surface area contributed by atoms with Crippen LogP contribution in [0.3, 0.4) is 0 Å². The number of esters is 2. The minimum Gasteiger partial charge on any atom is -0.483 e. The first-order valence-corrected chi connectivity index (χ1v) is 24.9. The number of carbonyl (C=O) groups excluding carboxylic acids is 2. The summed E-state index contributed by atoms with van der Waals surface area (Å²) in [6.07, 6.45) is 3.74. The lowest BCUT2D eigenvalue weighted by atomic mass is 9.68. The van der Waals surface area contributed by atoms with Gasteiger partial charge in [-0.25, -0.2) is 9.59 Å². The number of aliphatic hydroxyl groups is 2. The number of aryl methyl sites for hydroxylation is 2. The van der Waals surface area contributed by atoms with Gasteiger partial charge < -0.3 is 33.6 Å². The summed E-state index contributed by atoms with van der Waals surface area (Å²) in [5.41, 5.74) is 6.93. The predicted molar refractivity (Wildman–Crippen MR) is 269 cm³/mol. The first-order valence-electron chi connectivity index (χ1n) is 24.9. The summed E-state index contributed by atoms with van der Waals surface area (Å²) in [6.45, 7) is 3.01. The third kappa shape index (κ3) is 10.6. The van der Waals surface area contributed by atoms with E-state index in [9.17, 15) is 19.8 Å². The first-order chi connectivity index (χ1) is 34.0. The van der Waals surface area contributed by atoms with Gasteiger partial charge in [0, 0.05) is 36.5 Å². The summed E-state index contributed by atoms with van der Waals surface area (Å²) >= 11 is 0. The van der Waals surface area contributed by atoms with E-state index in [0.29, 0.717) is 59.9 Å². The molecule has 2 bridgehead atoms. The lowest BCUT2D eigenvalue weighted by Gasteiger charge is -2.45. The molecule has 70 heavy (non-hydrogen) atoms. The first kappa shape index (κ1) is 48.7. The van der Waals surface area contributed by atoms with Crippen LogP contribution in [-0.4, -0.2) is 54.2 Å². The van der Waals surface area contributed by atoms with Gasteiger partial charge in [0.1, 0.15) is 16.9 Å². The van der Waals surface area contributed by atoms with E-state index in [1.54, 1.807) is 19.1 Å². The molecular weight excluding hydrogens is 881 g/mol. The highest BCUT2D eigenvalue weighted by Crippen LogP contribution is 2.51. The second-order valence-electron chi connectivity index (χ2n) is 19.7. The fourth-order valence-electron chi connectivity index (χ4n) is 11.3. The Morgan fingerprint density at radius 1 is 0.771 bits per heavy atom. The molecule has 6 aromatic rings. The van der Waals surface area contributed by atoms with Gasteiger partial charge in [-0.2, -0.15) is 0 Å². The monoisotopic (exact) mass is 944 g/mol. The molecule has 6 atom stereocenters. The molecule has 0 unspecified atom stereocenters. The van der Waals surface area contributed by atoms with Crippen LogP contribution in [0.25, 0.3) is 11.0 Å². The van der Waals surface area contributed by atoms with Crippen LogP contribution in [0, 0.1) is 5.92 Å². The second kappa shape index (κ2) is 21.8. The van der Waals surface area contributed by atoms with Crippen molar-refractivity contribution in [3.8, 4) is 5.75 Å². The molecule has 0 saturated heterocycles. The number of aliphatic hydroxyl groups excluding tert-OH is 2. The van der Waals surface area contributed by atoms with Crippen molar-refractivity contribution in [3.63, 3.8) is 0 Å². The lowest BCUT2D eigenvalue weighted by Crippen LogP contribution is -2.54. The second-order valence-corrected chi connectivity index (χ2v) is 19.7. The Labute approximate surface area is 410 Å². The van der Waals surface area contributed by atoms with Gasteiger partial charge in [-0.05, 0) is 146 Å². The maximum Gasteiger partial charge on any atom is 0.339 e. The van der Waals surface area contributed by atoms with Crippen molar-refractivity contribution in [2.75, 3.05) is 20.3 Å². The van der Waals surface area contributed by atoms with Crippen LogP contribution in [0.2, 0.25) is 0 Å². The average Bonchev–Trinajstić information content (AvgIpc) is 3.37. The number of hydrogen-bond donors (Lipinski definition) is 2. The van der Waals surface area contributed by atoms with E-state index in [1.807, 2.05) is 31.2 Å². The average molecular weight is 945 g/mol. The van der Waals surface area contributed by atoms with Crippen molar-refractivity contribution < 1.29 is 43.2 Å². The third-order valence-electron chi connectivity index (χ3n) is 15.1. The van der Waals surface area contributed by atoms with Gasteiger partial charge in [0.15, 0.2) is 12.2 Å². The van der Waals surface area contributed by atoms with Crippen LogP contribution in [0.1, 0.15) is 127 Å². The van der Waals surface area contributed by atoms with Crippen LogP contribution in [0.4, 0.5) is 0 Å². The lowest BCUT2D eigenvalue weighted by molar-refractivity contribution is -0.192. The highest BCUT2D eigenvalue weighted by atomic mass is 16.6. The number of ether oxygens (including phenoxy) is 4. The van der Waals surface area contributed by atoms with Crippen LogP contribution in [0.15, 0.2) is 142 Å². The van der Waals surface area contributed by atoms with E-state index < -0.39 is 42.0 Å². The molecule has 4 heterocycles. The van der Waals surface area contributed by atoms with Gasteiger partial charge in [0.05, 0.1) is 25.4 Å². The Kier molecular flexibility index (Phi) is 15.1. The number of carbonyl (C=O) groups is 2. The summed E-state index contributed by atoms with van der Waals surface area (Å²) in [4.78, 5) is 43.9. The topological polar surface area (TPSA) is 142 Å². The normalized spacial score (nSPS) is 23.4. The number of hydrogen-bond acceptors (Lipinski definition) is 10. The van der Waals surface area contributed by atoms with Crippen LogP contribution in [0.5, 0.6) is 5.75 Å². The maximum atomic E-state index is 15.2. The molecular formula is C60H64O10. The van der Waals surface area contributed by atoms with E-state index in [0.717, 1.165) is 42.4 Å². The van der Waals surface area contributed by atoms with E-state index in [1.165, 1.54) is 23.8 Å². The molecule has 4 aliphatic rings. The van der Waals surface area contributed by atoms with Crippen molar-refractivity contribution >= 4 is 22.9 Å². The fraction of sp³-hybridized carbons (Fsp3) is 0.383. The Morgan fingerprint density at radius 3 is 2.24 bits per heavy atom. The summed E-state index contributed by atoms with van der Waals surface area (Å²) in [6, 6.07) is 41.5. The molecule has 1 aromatic heterocycles. The quantitative estimate of drug-likeness (QED) is 0.0692. The summed E-state index contributed by atoms with van der Waals surface area (Å²) in [5, 5.41) is 21.7. The zero-order chi connectivity index (χ0) is 48.8. The van der Waals surface area contributed by atoms with Gasteiger partial charge in [0.25, 0.3) is 0 Å². The maximum absolute atomic E-state index is 15.2. The van der Waals surface area contributed by atoms with Crippen molar-refractivity contribution in [2.24, 2.45) is 5.92 Å². The number of fused-ring (bicyclic) bond motifs is 11. The molecule has 364 valence electrons. The fourth-order valence-corrected chi connectivity index (χ4v) is 11.3. The molecule has 1 aliphatic carbocycles. The Bertz CT molecular complexity index is 2890. The van der Waals surface area contributed by atoms with Crippen molar-refractivity contribution in [1.29, 1.82) is 0 Å². The molecule has 5 aromatic carbocycles. The van der Waals surface area contributed by atoms with Crippen molar-refractivity contribution in [1.82, 2.24) is 0 Å². The number of rotatable bonds is 12. The minimum absolute atomic E-state index is 0.0701. The predicted octanol–water partition coefficient (Wildman–Crippen LogP) is 10.7. The molecule has 1 saturated carbocycles. The van der Waals surface area contributed by atoms with Gasteiger partial charge in [-0.15, -0.1) is 0 Å². The van der Waals surface area contributed by atoms with Crippen LogP contribution >= 0.6 is 0 Å². The molecule has 0 spiro atoms. The molecule has 0 amide bonds. The number of methoxy groups -OCH3 is 1. The zero-order valence-corrected chi connectivity index (χ0v) is 40.5. The molecule has 2 N–H and O–H groups in total. The Hall–Kier alpha value is -6.33. The van der Waals surface area contributed by atoms with Crippen molar-refractivity contribution in [3.05, 3.63) is 193 Å². The number of benzene rings is 5. The van der Waals surface area contributed by atoms with E-state index in [2.05, 4.69) is 84.9 Å². The molecule has 1 fully saturated rings. The zero-order valence-electron chi connectivity index (χ0n) is 40.5. The molecule has 0 radical (unpaired) electrons. The molecule has 3 aliphatic heterocycles. The smallest absolute Gasteiger partial charge is 0.339 e. The largest absolute Gasteiger partial charge is 0.483 e. The summed E-state index contributed by atoms with van der Waals surface area (Å²) < 4.78 is 32.0. The highest BCUT2D eigenvalue weighted by molar-refractivity contribution is 5.90. The van der Waals surface area contributed by atoms with Crippen LogP contribution in [-0.2, 0) is 56.1 Å². The van der Waals surface area contributed by atoms with Gasteiger partial charge >= 0.3 is 17.6 Å². The standard InChI is InChI=1S/C60H64O10/c1-38(36-61)47-25-21-40-19-22-43(23-20-40)48-26-24-45(44-18-10-16-42(33-44)32-41-14-8-5-9-15-41)34-46(48)35-53(63)67-56-54-52(28-27-49-51(37-62)50(29-31-66-3)59(65)68-55(49)54)70-60(2,57(56)69-58(47)64)30-11-17-39-12-6-4-7-13-39/h4-10,12-16,18-20,22-23,27-28,33,45-46,48,56-57,61-62H,11,17,21,24-26,29-32,34-37H2,1-3H3/b47-38-/t45-,46-,48+,56-,57+,60+/m1/s1. The van der Waals surface area contributed by atoms with E-state index in [-0.39, 0.29) is 60.5 Å². The molecule has 10 heteroatoms. The van der Waals surface area contributed by atoms with Gasteiger partial charge in [0.2, 0.25) is 0 Å². The Balaban J connectivity index is 1.15. The summed E-state index contributed by atoms with van der Waals surface area (Å²) in [7, 11) is 1.54. The summed E-state index contributed by atoms with van der Waals surface area (Å²) in [5.74, 6) is -0.644. The van der Waals surface area contributed by atoms with Crippen LogP contribution < -0.4 is 10.4 Å². The molecule has 10 rings (SSSR count). The van der Waals surface area contributed by atoms with Crippen molar-refractivity contribution in [2.45, 2.75) is 121 Å². The van der Waals surface area contributed by atoms with E-state index in [4.69, 9.17) is 23.4 Å². The third-order valence-corrected chi connectivity index (χ3v) is 15.1. The van der Waals surface area contributed by atoms with E-state index >= 15 is 4.79 Å². The SMILES string of the molecule is COCCc1c(CO)c2ccc3c(c2oc1=O)[C@H]1OC(=O)C[C@H]2C[C@H](c4cccc(Cc5ccccc5)c4)CC[C@H]2c2ccc(cc2)CC/C(=C(\C)CO)C(=O)O[C@@H]1[C@](C)(CCCc1ccccc1)O3. The Morgan fingerprint density at radius 2 is 1.51 bits per heavy atom.